The van der Waals surface area contributed by atoms with Crippen molar-refractivity contribution in [2.75, 3.05) is 20.8 Å². The number of rotatable bonds is 5. The molecule has 1 rings (SSSR count). The first kappa shape index (κ1) is 12.9. The fraction of sp³-hybridized carbons (Fsp3) is 0.400. The molecule has 0 saturated carbocycles. The van der Waals surface area contributed by atoms with E-state index >= 15 is 0 Å². The smallest absolute Gasteiger partial charge is 0.270 e. The standard InChI is InChI=1S/C10H13ClN2O3/c1-15-9(16-2)6-13-10(14)8-4-3-7(11)5-12-8/h3-5,9H,6H2,1-2H3,(H,13,14). The van der Waals surface area contributed by atoms with Gasteiger partial charge in [0.2, 0.25) is 0 Å². The van der Waals surface area contributed by atoms with Gasteiger partial charge in [-0.15, -0.1) is 0 Å². The largest absolute Gasteiger partial charge is 0.354 e. The topological polar surface area (TPSA) is 60.5 Å². The van der Waals surface area contributed by atoms with Crippen LogP contribution in [0.15, 0.2) is 18.3 Å². The Hall–Kier alpha value is -1.17. The highest BCUT2D eigenvalue weighted by Crippen LogP contribution is 2.05. The number of ether oxygens (including phenoxy) is 2. The normalized spacial score (nSPS) is 10.5. The summed E-state index contributed by atoms with van der Waals surface area (Å²) >= 11 is 5.65. The Kier molecular flexibility index (Phi) is 5.18. The molecule has 1 aromatic rings. The molecular formula is C10H13ClN2O3. The highest BCUT2D eigenvalue weighted by molar-refractivity contribution is 6.30. The van der Waals surface area contributed by atoms with Gasteiger partial charge in [-0.2, -0.15) is 0 Å². The van der Waals surface area contributed by atoms with Gasteiger partial charge in [0.05, 0.1) is 11.6 Å². The Bertz CT molecular complexity index is 338. The Labute approximate surface area is 98.7 Å². The fourth-order valence-electron chi connectivity index (χ4n) is 1.04. The van der Waals surface area contributed by atoms with E-state index in [2.05, 4.69) is 10.3 Å². The lowest BCUT2D eigenvalue weighted by atomic mass is 10.3. The van der Waals surface area contributed by atoms with Crippen LogP contribution in [0.4, 0.5) is 0 Å². The van der Waals surface area contributed by atoms with E-state index in [1.165, 1.54) is 20.4 Å². The van der Waals surface area contributed by atoms with Crippen LogP contribution in [0.3, 0.4) is 0 Å². The molecule has 6 heteroatoms. The predicted molar refractivity (Wildman–Crippen MR) is 59.4 cm³/mol. The lowest BCUT2D eigenvalue weighted by molar-refractivity contribution is -0.0974. The number of amides is 1. The van der Waals surface area contributed by atoms with E-state index < -0.39 is 6.29 Å². The summed E-state index contributed by atoms with van der Waals surface area (Å²) in [5.41, 5.74) is 0.301. The van der Waals surface area contributed by atoms with Crippen molar-refractivity contribution in [2.45, 2.75) is 6.29 Å². The molecule has 1 N–H and O–H groups in total. The molecule has 0 bridgehead atoms. The Morgan fingerprint density at radius 1 is 1.50 bits per heavy atom. The maximum Gasteiger partial charge on any atom is 0.270 e. The molecule has 0 aliphatic carbocycles. The third kappa shape index (κ3) is 3.77. The molecule has 0 aliphatic heterocycles. The zero-order valence-corrected chi connectivity index (χ0v) is 9.82. The zero-order chi connectivity index (χ0) is 12.0. The number of nitrogens with one attached hydrogen (secondary N) is 1. The van der Waals surface area contributed by atoms with Gasteiger partial charge in [0.15, 0.2) is 6.29 Å². The molecule has 1 heterocycles. The van der Waals surface area contributed by atoms with Crippen LogP contribution in [-0.4, -0.2) is 37.9 Å². The number of aromatic nitrogens is 1. The molecule has 0 aromatic carbocycles. The number of pyridine rings is 1. The van der Waals surface area contributed by atoms with Gasteiger partial charge in [0, 0.05) is 20.4 Å². The van der Waals surface area contributed by atoms with Gasteiger partial charge in [0.25, 0.3) is 5.91 Å². The average Bonchev–Trinajstić information content (AvgIpc) is 2.31. The van der Waals surface area contributed by atoms with Gasteiger partial charge >= 0.3 is 0 Å². The number of carbonyl (C=O) groups excluding carboxylic acids is 1. The van der Waals surface area contributed by atoms with E-state index in [0.29, 0.717) is 10.7 Å². The fourth-order valence-corrected chi connectivity index (χ4v) is 1.15. The molecule has 88 valence electrons. The Balaban J connectivity index is 2.49. The minimum Gasteiger partial charge on any atom is -0.354 e. The van der Waals surface area contributed by atoms with Gasteiger partial charge in [-0.1, -0.05) is 11.6 Å². The number of carbonyl (C=O) groups is 1. The monoisotopic (exact) mass is 244 g/mol. The van der Waals surface area contributed by atoms with Gasteiger partial charge < -0.3 is 14.8 Å². The summed E-state index contributed by atoms with van der Waals surface area (Å²) < 4.78 is 9.85. The molecule has 0 radical (unpaired) electrons. The van der Waals surface area contributed by atoms with Crippen molar-refractivity contribution >= 4 is 17.5 Å². The van der Waals surface area contributed by atoms with Crippen LogP contribution in [0.25, 0.3) is 0 Å². The molecule has 0 aliphatic rings. The third-order valence-electron chi connectivity index (χ3n) is 1.92. The number of halogens is 1. The molecule has 5 nitrogen and oxygen atoms in total. The van der Waals surface area contributed by atoms with Gasteiger partial charge in [-0.3, -0.25) is 4.79 Å². The van der Waals surface area contributed by atoms with Crippen LogP contribution in [0, 0.1) is 0 Å². The Morgan fingerprint density at radius 3 is 2.69 bits per heavy atom. The molecule has 0 unspecified atom stereocenters. The summed E-state index contributed by atoms with van der Waals surface area (Å²) in [5.74, 6) is -0.296. The number of nitrogens with zero attached hydrogens (tertiary/aromatic N) is 1. The van der Waals surface area contributed by atoms with Crippen LogP contribution in [-0.2, 0) is 9.47 Å². The summed E-state index contributed by atoms with van der Waals surface area (Å²) in [6.45, 7) is 0.260. The SMILES string of the molecule is COC(CNC(=O)c1ccc(Cl)cn1)OC. The first-order valence-corrected chi connectivity index (χ1v) is 5.00. The second-order valence-electron chi connectivity index (χ2n) is 2.97. The molecule has 0 spiro atoms. The van der Waals surface area contributed by atoms with Crippen molar-refractivity contribution in [1.82, 2.24) is 10.3 Å². The molecule has 1 aromatic heterocycles. The molecule has 0 fully saturated rings. The lowest BCUT2D eigenvalue weighted by Gasteiger charge is -2.13. The van der Waals surface area contributed by atoms with Crippen molar-refractivity contribution in [3.8, 4) is 0 Å². The van der Waals surface area contributed by atoms with E-state index in [0.717, 1.165) is 0 Å². The van der Waals surface area contributed by atoms with E-state index in [1.807, 2.05) is 0 Å². The summed E-state index contributed by atoms with van der Waals surface area (Å²) in [4.78, 5) is 15.4. The second kappa shape index (κ2) is 6.42. The maximum atomic E-state index is 11.6. The first-order valence-electron chi connectivity index (χ1n) is 4.62. The molecule has 0 atom stereocenters. The van der Waals surface area contributed by atoms with Crippen LogP contribution in [0.5, 0.6) is 0 Å². The second-order valence-corrected chi connectivity index (χ2v) is 3.41. The summed E-state index contributed by atoms with van der Waals surface area (Å²) in [5, 5.41) is 3.11. The number of methoxy groups -OCH3 is 2. The van der Waals surface area contributed by atoms with Crippen molar-refractivity contribution in [1.29, 1.82) is 0 Å². The van der Waals surface area contributed by atoms with Gasteiger partial charge in [-0.05, 0) is 12.1 Å². The van der Waals surface area contributed by atoms with E-state index in [-0.39, 0.29) is 12.5 Å². The Morgan fingerprint density at radius 2 is 2.19 bits per heavy atom. The summed E-state index contributed by atoms with van der Waals surface area (Å²) in [7, 11) is 3.00. The minimum absolute atomic E-state index is 0.260. The van der Waals surface area contributed by atoms with Gasteiger partial charge in [-0.25, -0.2) is 4.98 Å². The summed E-state index contributed by atoms with van der Waals surface area (Å²) in [6, 6.07) is 3.15. The van der Waals surface area contributed by atoms with E-state index in [1.54, 1.807) is 12.1 Å². The summed E-state index contributed by atoms with van der Waals surface area (Å²) in [6.07, 6.45) is 0.955. The zero-order valence-electron chi connectivity index (χ0n) is 9.07. The van der Waals surface area contributed by atoms with Crippen LogP contribution < -0.4 is 5.32 Å². The van der Waals surface area contributed by atoms with Gasteiger partial charge in [0.1, 0.15) is 5.69 Å². The third-order valence-corrected chi connectivity index (χ3v) is 2.14. The van der Waals surface area contributed by atoms with Crippen LogP contribution in [0.1, 0.15) is 10.5 Å². The van der Waals surface area contributed by atoms with Crippen molar-refractivity contribution in [3.05, 3.63) is 29.0 Å². The highest BCUT2D eigenvalue weighted by atomic mass is 35.5. The maximum absolute atomic E-state index is 11.6. The van der Waals surface area contributed by atoms with Crippen LogP contribution >= 0.6 is 11.6 Å². The van der Waals surface area contributed by atoms with E-state index in [9.17, 15) is 4.79 Å². The van der Waals surface area contributed by atoms with Crippen molar-refractivity contribution < 1.29 is 14.3 Å². The van der Waals surface area contributed by atoms with Crippen molar-refractivity contribution in [3.63, 3.8) is 0 Å². The lowest BCUT2D eigenvalue weighted by Crippen LogP contribution is -2.34. The first-order chi connectivity index (χ1) is 7.67. The molecule has 16 heavy (non-hydrogen) atoms. The number of hydrogen-bond donors (Lipinski definition) is 1. The van der Waals surface area contributed by atoms with E-state index in [4.69, 9.17) is 21.1 Å². The molecule has 1 amide bonds. The van der Waals surface area contributed by atoms with Crippen molar-refractivity contribution in [2.24, 2.45) is 0 Å². The average molecular weight is 245 g/mol. The van der Waals surface area contributed by atoms with Crippen LogP contribution in [0.2, 0.25) is 5.02 Å². The molecular weight excluding hydrogens is 232 g/mol. The minimum atomic E-state index is -0.462. The quantitative estimate of drug-likeness (QED) is 0.788. The molecule has 0 saturated heterocycles. The number of hydrogen-bond acceptors (Lipinski definition) is 4. The predicted octanol–water partition coefficient (Wildman–Crippen LogP) is 1.08. The highest BCUT2D eigenvalue weighted by Gasteiger charge is 2.10.